The van der Waals surface area contributed by atoms with Crippen LogP contribution < -0.4 is 10.1 Å². The molecule has 2 aromatic rings. The normalized spacial score (nSPS) is 10.6. The van der Waals surface area contributed by atoms with Crippen LogP contribution in [0.15, 0.2) is 43.1 Å². The van der Waals surface area contributed by atoms with E-state index >= 15 is 0 Å². The zero-order valence-corrected chi connectivity index (χ0v) is 11.4. The van der Waals surface area contributed by atoms with Gasteiger partial charge in [0, 0.05) is 18.1 Å². The standard InChI is InChI=1S/C16H20N2O/c1-3-4-7-10-19-16-15-9-6-5-8-14(15)13(11-17-2)12-18-16/h3,5-6,8-9,12,17H,1,4,7,10-11H2,2H3. The van der Waals surface area contributed by atoms with Crippen LogP contribution in [0.25, 0.3) is 10.8 Å². The first-order chi connectivity index (χ1) is 9.36. The highest BCUT2D eigenvalue weighted by Gasteiger charge is 2.07. The summed E-state index contributed by atoms with van der Waals surface area (Å²) in [5.41, 5.74) is 1.19. The minimum Gasteiger partial charge on any atom is -0.477 e. The highest BCUT2D eigenvalue weighted by Crippen LogP contribution is 2.26. The maximum Gasteiger partial charge on any atom is 0.221 e. The first-order valence-electron chi connectivity index (χ1n) is 6.61. The Morgan fingerprint density at radius 3 is 2.84 bits per heavy atom. The first-order valence-corrected chi connectivity index (χ1v) is 6.61. The van der Waals surface area contributed by atoms with E-state index in [2.05, 4.69) is 29.0 Å². The van der Waals surface area contributed by atoms with Gasteiger partial charge in [0.25, 0.3) is 0 Å². The lowest BCUT2D eigenvalue weighted by atomic mass is 10.1. The van der Waals surface area contributed by atoms with Gasteiger partial charge < -0.3 is 10.1 Å². The molecule has 1 heterocycles. The molecule has 1 aromatic heterocycles. The van der Waals surface area contributed by atoms with Crippen molar-refractivity contribution in [3.8, 4) is 5.88 Å². The van der Waals surface area contributed by atoms with Crippen molar-refractivity contribution in [2.45, 2.75) is 19.4 Å². The molecule has 0 aliphatic heterocycles. The maximum atomic E-state index is 5.78. The smallest absolute Gasteiger partial charge is 0.221 e. The summed E-state index contributed by atoms with van der Waals surface area (Å²) < 4.78 is 5.78. The van der Waals surface area contributed by atoms with E-state index < -0.39 is 0 Å². The number of aromatic nitrogens is 1. The maximum absolute atomic E-state index is 5.78. The molecule has 0 radical (unpaired) electrons. The molecule has 0 atom stereocenters. The van der Waals surface area contributed by atoms with E-state index in [0.717, 1.165) is 30.7 Å². The van der Waals surface area contributed by atoms with E-state index in [-0.39, 0.29) is 0 Å². The third-order valence-corrected chi connectivity index (χ3v) is 3.00. The molecule has 0 spiro atoms. The van der Waals surface area contributed by atoms with Crippen LogP contribution in [0.4, 0.5) is 0 Å². The fourth-order valence-corrected chi connectivity index (χ4v) is 2.07. The molecule has 3 heteroatoms. The van der Waals surface area contributed by atoms with Gasteiger partial charge in [0.15, 0.2) is 0 Å². The lowest BCUT2D eigenvalue weighted by Crippen LogP contribution is -2.07. The number of pyridine rings is 1. The van der Waals surface area contributed by atoms with Crippen LogP contribution in [0, 0.1) is 0 Å². The quantitative estimate of drug-likeness (QED) is 0.609. The number of nitrogens with one attached hydrogen (secondary N) is 1. The van der Waals surface area contributed by atoms with E-state index in [1.165, 1.54) is 10.9 Å². The molecule has 0 saturated heterocycles. The summed E-state index contributed by atoms with van der Waals surface area (Å²) in [5.74, 6) is 0.722. The lowest BCUT2D eigenvalue weighted by molar-refractivity contribution is 0.304. The number of unbranched alkanes of at least 4 members (excludes halogenated alkanes) is 1. The molecule has 100 valence electrons. The topological polar surface area (TPSA) is 34.1 Å². The Hall–Kier alpha value is -1.87. The summed E-state index contributed by atoms with van der Waals surface area (Å²) in [4.78, 5) is 4.44. The molecule has 0 saturated carbocycles. The van der Waals surface area contributed by atoms with Crippen LogP contribution in [-0.2, 0) is 6.54 Å². The SMILES string of the molecule is C=CCCCOc1ncc(CNC)c2ccccc12. The Kier molecular flexibility index (Phi) is 4.93. The summed E-state index contributed by atoms with van der Waals surface area (Å²) in [6, 6.07) is 8.23. The van der Waals surface area contributed by atoms with Gasteiger partial charge in [-0.15, -0.1) is 6.58 Å². The summed E-state index contributed by atoms with van der Waals surface area (Å²) in [7, 11) is 1.94. The molecule has 1 aromatic carbocycles. The van der Waals surface area contributed by atoms with E-state index in [9.17, 15) is 0 Å². The van der Waals surface area contributed by atoms with E-state index in [0.29, 0.717) is 6.61 Å². The van der Waals surface area contributed by atoms with Crippen LogP contribution in [0.2, 0.25) is 0 Å². The molecule has 3 nitrogen and oxygen atoms in total. The Morgan fingerprint density at radius 2 is 2.11 bits per heavy atom. The minimum absolute atomic E-state index is 0.675. The van der Waals surface area contributed by atoms with Crippen LogP contribution >= 0.6 is 0 Å². The van der Waals surface area contributed by atoms with Crippen molar-refractivity contribution in [1.29, 1.82) is 0 Å². The van der Waals surface area contributed by atoms with Crippen molar-refractivity contribution in [2.75, 3.05) is 13.7 Å². The van der Waals surface area contributed by atoms with Gasteiger partial charge in [0.2, 0.25) is 5.88 Å². The van der Waals surface area contributed by atoms with Gasteiger partial charge in [0.05, 0.1) is 6.61 Å². The molecule has 0 bridgehead atoms. The molecule has 0 aliphatic rings. The van der Waals surface area contributed by atoms with Crippen molar-refractivity contribution in [3.63, 3.8) is 0 Å². The molecule has 2 rings (SSSR count). The lowest BCUT2D eigenvalue weighted by Gasteiger charge is -2.11. The molecular formula is C16H20N2O. The van der Waals surface area contributed by atoms with E-state index in [4.69, 9.17) is 4.74 Å². The van der Waals surface area contributed by atoms with E-state index in [1.54, 1.807) is 0 Å². The summed E-state index contributed by atoms with van der Waals surface area (Å²) in [5, 5.41) is 5.44. The van der Waals surface area contributed by atoms with Gasteiger partial charge in [0.1, 0.15) is 0 Å². The van der Waals surface area contributed by atoms with Gasteiger partial charge >= 0.3 is 0 Å². The second-order valence-corrected chi connectivity index (χ2v) is 4.44. The predicted molar refractivity (Wildman–Crippen MR) is 79.4 cm³/mol. The third kappa shape index (κ3) is 3.32. The number of ether oxygens (including phenoxy) is 1. The predicted octanol–water partition coefficient (Wildman–Crippen LogP) is 3.30. The monoisotopic (exact) mass is 256 g/mol. The molecule has 1 N–H and O–H groups in total. The molecule has 0 unspecified atom stereocenters. The van der Waals surface area contributed by atoms with Gasteiger partial charge in [-0.25, -0.2) is 4.98 Å². The van der Waals surface area contributed by atoms with Crippen molar-refractivity contribution >= 4 is 10.8 Å². The second kappa shape index (κ2) is 6.90. The third-order valence-electron chi connectivity index (χ3n) is 3.00. The molecule has 0 aliphatic carbocycles. The number of hydrogen-bond donors (Lipinski definition) is 1. The van der Waals surface area contributed by atoms with Gasteiger partial charge in [-0.05, 0) is 36.9 Å². The number of hydrogen-bond acceptors (Lipinski definition) is 3. The van der Waals surface area contributed by atoms with Gasteiger partial charge in [-0.3, -0.25) is 0 Å². The van der Waals surface area contributed by atoms with Crippen LogP contribution in [0.5, 0.6) is 5.88 Å². The van der Waals surface area contributed by atoms with Crippen molar-refractivity contribution in [2.24, 2.45) is 0 Å². The fourth-order valence-electron chi connectivity index (χ4n) is 2.07. The summed E-state index contributed by atoms with van der Waals surface area (Å²) >= 11 is 0. The molecule has 0 amide bonds. The second-order valence-electron chi connectivity index (χ2n) is 4.44. The average Bonchev–Trinajstić information content (AvgIpc) is 2.46. The number of allylic oxidation sites excluding steroid dienone is 1. The van der Waals surface area contributed by atoms with Crippen molar-refractivity contribution in [3.05, 3.63) is 48.7 Å². The largest absolute Gasteiger partial charge is 0.477 e. The Morgan fingerprint density at radius 1 is 1.32 bits per heavy atom. The Labute approximate surface area is 114 Å². The first kappa shape index (κ1) is 13.6. The number of rotatable bonds is 7. The van der Waals surface area contributed by atoms with Crippen LogP contribution in [0.1, 0.15) is 18.4 Å². The van der Waals surface area contributed by atoms with Crippen LogP contribution in [-0.4, -0.2) is 18.6 Å². The van der Waals surface area contributed by atoms with Gasteiger partial charge in [-0.2, -0.15) is 0 Å². The number of fused-ring (bicyclic) bond motifs is 1. The van der Waals surface area contributed by atoms with Crippen LogP contribution in [0.3, 0.4) is 0 Å². The zero-order chi connectivity index (χ0) is 13.5. The number of benzene rings is 1. The summed E-state index contributed by atoms with van der Waals surface area (Å²) in [6.45, 7) is 5.19. The summed E-state index contributed by atoms with van der Waals surface area (Å²) in [6.07, 6.45) is 5.74. The molecule has 0 fully saturated rings. The fraction of sp³-hybridized carbons (Fsp3) is 0.312. The Bertz CT molecular complexity index is 551. The number of nitrogens with zero attached hydrogens (tertiary/aromatic N) is 1. The van der Waals surface area contributed by atoms with Crippen molar-refractivity contribution in [1.82, 2.24) is 10.3 Å². The van der Waals surface area contributed by atoms with Crippen molar-refractivity contribution < 1.29 is 4.74 Å². The minimum atomic E-state index is 0.675. The van der Waals surface area contributed by atoms with E-state index in [1.807, 2.05) is 31.5 Å². The Balaban J connectivity index is 2.25. The molecule has 19 heavy (non-hydrogen) atoms. The average molecular weight is 256 g/mol. The highest BCUT2D eigenvalue weighted by atomic mass is 16.5. The highest BCUT2D eigenvalue weighted by molar-refractivity contribution is 5.89. The zero-order valence-electron chi connectivity index (χ0n) is 11.4. The van der Waals surface area contributed by atoms with Gasteiger partial charge in [-0.1, -0.05) is 24.3 Å². The molecular weight excluding hydrogens is 236 g/mol.